The van der Waals surface area contributed by atoms with Gasteiger partial charge in [0.25, 0.3) is 0 Å². The zero-order valence-electron chi connectivity index (χ0n) is 11.2. The van der Waals surface area contributed by atoms with Crippen molar-refractivity contribution in [3.63, 3.8) is 0 Å². The van der Waals surface area contributed by atoms with Gasteiger partial charge in [-0.05, 0) is 24.6 Å². The topological polar surface area (TPSA) is 42.3 Å². The molecule has 1 aromatic heterocycles. The lowest BCUT2D eigenvalue weighted by Crippen LogP contribution is -2.33. The molecule has 5 heteroatoms. The Hall–Kier alpha value is -1.75. The molecular formula is C14H18N2O2S. The van der Waals surface area contributed by atoms with Crippen molar-refractivity contribution >= 4 is 15.8 Å². The average molecular weight is 278 g/mol. The van der Waals surface area contributed by atoms with Crippen LogP contribution in [0.15, 0.2) is 48.7 Å². The monoisotopic (exact) mass is 278 g/mol. The Labute approximate surface area is 114 Å². The second-order valence-electron chi connectivity index (χ2n) is 4.37. The molecule has 0 amide bonds. The van der Waals surface area contributed by atoms with Crippen LogP contribution in [0.3, 0.4) is 0 Å². The summed E-state index contributed by atoms with van der Waals surface area (Å²) in [5.74, 6) is 0.774. The van der Waals surface area contributed by atoms with Crippen molar-refractivity contribution < 1.29 is 8.42 Å². The first kappa shape index (κ1) is 13.7. The fraction of sp³-hybridized carbons (Fsp3) is 0.286. The largest absolute Gasteiger partial charge is 0.337 e. The van der Waals surface area contributed by atoms with E-state index in [4.69, 9.17) is 0 Å². The van der Waals surface area contributed by atoms with Crippen molar-refractivity contribution in [2.45, 2.75) is 13.5 Å². The highest BCUT2D eigenvalue weighted by Gasteiger charge is 2.22. The summed E-state index contributed by atoms with van der Waals surface area (Å²) in [6.45, 7) is 2.02. The number of aryl methyl sites for hydroxylation is 1. The van der Waals surface area contributed by atoms with Gasteiger partial charge < -0.3 is 4.57 Å². The maximum atomic E-state index is 12.3. The average Bonchev–Trinajstić information content (AvgIpc) is 2.83. The van der Waals surface area contributed by atoms with Gasteiger partial charge in [-0.3, -0.25) is 4.31 Å². The molecule has 0 aliphatic rings. The predicted molar refractivity (Wildman–Crippen MR) is 77.5 cm³/mol. The van der Waals surface area contributed by atoms with Crippen LogP contribution in [-0.4, -0.2) is 18.7 Å². The van der Waals surface area contributed by atoms with Crippen LogP contribution in [0.25, 0.3) is 0 Å². The summed E-state index contributed by atoms with van der Waals surface area (Å²) < 4.78 is 27.8. The molecule has 0 unspecified atom stereocenters. The highest BCUT2D eigenvalue weighted by Crippen LogP contribution is 2.21. The SMILES string of the molecule is CCS(=O)(=O)N(Cc1ccccc1)c1cccn1C. The molecule has 0 atom stereocenters. The number of benzene rings is 1. The van der Waals surface area contributed by atoms with Crippen LogP contribution in [0, 0.1) is 0 Å². The smallest absolute Gasteiger partial charge is 0.236 e. The molecule has 0 bridgehead atoms. The molecule has 1 aromatic carbocycles. The molecule has 4 nitrogen and oxygen atoms in total. The number of rotatable bonds is 5. The fourth-order valence-corrected chi connectivity index (χ4v) is 3.07. The highest BCUT2D eigenvalue weighted by atomic mass is 32.2. The van der Waals surface area contributed by atoms with E-state index in [1.54, 1.807) is 6.92 Å². The third-order valence-corrected chi connectivity index (χ3v) is 4.76. The van der Waals surface area contributed by atoms with Gasteiger partial charge in [0.1, 0.15) is 5.82 Å². The molecule has 0 aliphatic carbocycles. The van der Waals surface area contributed by atoms with Crippen molar-refractivity contribution in [2.24, 2.45) is 7.05 Å². The molecule has 2 rings (SSSR count). The molecule has 0 spiro atoms. The Bertz CT molecular complexity index is 632. The van der Waals surface area contributed by atoms with Gasteiger partial charge in [0.05, 0.1) is 12.3 Å². The zero-order chi connectivity index (χ0) is 13.9. The number of nitrogens with zero attached hydrogens (tertiary/aromatic N) is 2. The Kier molecular flexibility index (Phi) is 3.95. The van der Waals surface area contributed by atoms with Gasteiger partial charge in [-0.2, -0.15) is 0 Å². The van der Waals surface area contributed by atoms with Crippen molar-refractivity contribution in [2.75, 3.05) is 10.1 Å². The third-order valence-electron chi connectivity index (χ3n) is 3.04. The fourth-order valence-electron chi connectivity index (χ4n) is 1.94. The predicted octanol–water partition coefficient (Wildman–Crippen LogP) is 2.38. The van der Waals surface area contributed by atoms with Crippen LogP contribution < -0.4 is 4.31 Å². The lowest BCUT2D eigenvalue weighted by atomic mass is 10.2. The Morgan fingerprint density at radius 3 is 2.32 bits per heavy atom. The van der Waals surface area contributed by atoms with Crippen LogP contribution in [0.2, 0.25) is 0 Å². The molecule has 0 aliphatic heterocycles. The number of anilines is 1. The van der Waals surface area contributed by atoms with Gasteiger partial charge in [0, 0.05) is 13.2 Å². The molecule has 0 saturated carbocycles. The van der Waals surface area contributed by atoms with Crippen molar-refractivity contribution in [1.82, 2.24) is 4.57 Å². The van der Waals surface area contributed by atoms with E-state index in [0.717, 1.165) is 5.56 Å². The molecule has 19 heavy (non-hydrogen) atoms. The van der Waals surface area contributed by atoms with E-state index < -0.39 is 10.0 Å². The second kappa shape index (κ2) is 5.48. The highest BCUT2D eigenvalue weighted by molar-refractivity contribution is 7.92. The molecule has 102 valence electrons. The summed E-state index contributed by atoms with van der Waals surface area (Å²) in [7, 11) is -1.45. The van der Waals surface area contributed by atoms with Crippen molar-refractivity contribution in [3.05, 3.63) is 54.2 Å². The first-order chi connectivity index (χ1) is 9.04. The number of hydrogen-bond donors (Lipinski definition) is 0. The Morgan fingerprint density at radius 1 is 1.11 bits per heavy atom. The standard InChI is InChI=1S/C14H18N2O2S/c1-3-19(17,18)16(14-10-7-11-15(14)2)12-13-8-5-4-6-9-13/h4-11H,3,12H2,1-2H3. The van der Waals surface area contributed by atoms with Gasteiger partial charge in [-0.25, -0.2) is 8.42 Å². The summed E-state index contributed by atoms with van der Waals surface area (Å²) >= 11 is 0. The number of aromatic nitrogens is 1. The van der Waals surface area contributed by atoms with E-state index in [2.05, 4.69) is 0 Å². The van der Waals surface area contributed by atoms with E-state index in [-0.39, 0.29) is 5.75 Å². The Balaban J connectivity index is 2.39. The van der Waals surface area contributed by atoms with Gasteiger partial charge in [-0.15, -0.1) is 0 Å². The van der Waals surface area contributed by atoms with Crippen molar-refractivity contribution in [3.8, 4) is 0 Å². The first-order valence-electron chi connectivity index (χ1n) is 6.20. The quantitative estimate of drug-likeness (QED) is 0.842. The van der Waals surface area contributed by atoms with Crippen molar-refractivity contribution in [1.29, 1.82) is 0 Å². The third kappa shape index (κ3) is 2.98. The first-order valence-corrected chi connectivity index (χ1v) is 7.81. The summed E-state index contributed by atoms with van der Waals surface area (Å²) in [5, 5.41) is 0. The van der Waals surface area contributed by atoms with Gasteiger partial charge in [0.15, 0.2) is 0 Å². The molecular weight excluding hydrogens is 260 g/mol. The summed E-state index contributed by atoms with van der Waals surface area (Å²) in [6.07, 6.45) is 1.85. The summed E-state index contributed by atoms with van der Waals surface area (Å²) in [4.78, 5) is 0. The number of sulfonamides is 1. The van der Waals surface area contributed by atoms with Gasteiger partial charge in [0.2, 0.25) is 10.0 Å². The van der Waals surface area contributed by atoms with E-state index in [1.807, 2.05) is 60.3 Å². The van der Waals surface area contributed by atoms with E-state index in [0.29, 0.717) is 12.4 Å². The summed E-state index contributed by atoms with van der Waals surface area (Å²) in [6, 6.07) is 13.3. The number of hydrogen-bond acceptors (Lipinski definition) is 2. The van der Waals surface area contributed by atoms with Gasteiger partial charge >= 0.3 is 0 Å². The molecule has 2 aromatic rings. The minimum absolute atomic E-state index is 0.0883. The molecule has 0 fully saturated rings. The molecule has 0 N–H and O–H groups in total. The van der Waals surface area contributed by atoms with Crippen LogP contribution in [0.1, 0.15) is 12.5 Å². The Morgan fingerprint density at radius 2 is 1.79 bits per heavy atom. The minimum atomic E-state index is -3.29. The van der Waals surface area contributed by atoms with Crippen LogP contribution in [0.5, 0.6) is 0 Å². The maximum Gasteiger partial charge on any atom is 0.236 e. The molecule has 0 saturated heterocycles. The van der Waals surface area contributed by atoms with Crippen LogP contribution in [-0.2, 0) is 23.6 Å². The van der Waals surface area contributed by atoms with E-state index in [1.165, 1.54) is 4.31 Å². The van der Waals surface area contributed by atoms with Crippen LogP contribution in [0.4, 0.5) is 5.82 Å². The minimum Gasteiger partial charge on any atom is -0.337 e. The van der Waals surface area contributed by atoms with E-state index in [9.17, 15) is 8.42 Å². The van der Waals surface area contributed by atoms with Crippen LogP contribution >= 0.6 is 0 Å². The second-order valence-corrected chi connectivity index (χ2v) is 6.55. The zero-order valence-corrected chi connectivity index (χ0v) is 12.0. The van der Waals surface area contributed by atoms with E-state index >= 15 is 0 Å². The molecule has 1 heterocycles. The lowest BCUT2D eigenvalue weighted by Gasteiger charge is -2.24. The lowest BCUT2D eigenvalue weighted by molar-refractivity contribution is 0.590. The maximum absolute atomic E-state index is 12.3. The van der Waals surface area contributed by atoms with Gasteiger partial charge in [-0.1, -0.05) is 30.3 Å². The summed E-state index contributed by atoms with van der Waals surface area (Å²) in [5.41, 5.74) is 0.973. The molecule has 0 radical (unpaired) electrons. The normalized spacial score (nSPS) is 11.5.